The van der Waals surface area contributed by atoms with Crippen molar-refractivity contribution in [3.8, 4) is 0 Å². The number of anilines is 1. The number of imide groups is 1. The Labute approximate surface area is 292 Å². The van der Waals surface area contributed by atoms with E-state index in [0.29, 0.717) is 35.8 Å². The van der Waals surface area contributed by atoms with Crippen molar-refractivity contribution in [2.45, 2.75) is 37.4 Å². The predicted molar refractivity (Wildman–Crippen MR) is 181 cm³/mol. The maximum absolute atomic E-state index is 14.2. The Bertz CT molecular complexity index is 1900. The van der Waals surface area contributed by atoms with Gasteiger partial charge in [0.2, 0.25) is 0 Å². The van der Waals surface area contributed by atoms with Crippen LogP contribution in [0.2, 0.25) is 20.1 Å². The second-order valence-electron chi connectivity index (χ2n) is 11.4. The number of halogens is 5. The average Bonchev–Trinajstić information content (AvgIpc) is 3.68. The van der Waals surface area contributed by atoms with E-state index in [9.17, 15) is 14.4 Å². The zero-order chi connectivity index (χ0) is 32.3. The molecule has 4 atom stereocenters. The predicted octanol–water partition coefficient (Wildman–Crippen LogP) is 8.18. The van der Waals surface area contributed by atoms with Gasteiger partial charge < -0.3 is 0 Å². The van der Waals surface area contributed by atoms with E-state index in [0.717, 1.165) is 41.0 Å². The lowest BCUT2D eigenvalue weighted by atomic mass is 9.77. The first-order valence-electron chi connectivity index (χ1n) is 14.4. The lowest BCUT2D eigenvalue weighted by Crippen LogP contribution is -2.45. The molecule has 0 unspecified atom stereocenters. The van der Waals surface area contributed by atoms with Crippen molar-refractivity contribution in [2.24, 2.45) is 21.4 Å². The quantitative estimate of drug-likeness (QED) is 0.245. The molecule has 3 heterocycles. The van der Waals surface area contributed by atoms with E-state index in [1.807, 2.05) is 18.2 Å². The summed E-state index contributed by atoms with van der Waals surface area (Å²) in [6, 6.07) is 14.7. The van der Waals surface area contributed by atoms with Gasteiger partial charge in [-0.3, -0.25) is 19.4 Å². The molecule has 3 aliphatic heterocycles. The van der Waals surface area contributed by atoms with Crippen molar-refractivity contribution in [3.63, 3.8) is 0 Å². The Morgan fingerprint density at radius 2 is 1.70 bits per heavy atom. The molecule has 2 fully saturated rings. The van der Waals surface area contributed by atoms with Crippen molar-refractivity contribution in [1.82, 2.24) is 10.0 Å². The molecule has 1 saturated heterocycles. The lowest BCUT2D eigenvalue weighted by Gasteiger charge is -2.31. The van der Waals surface area contributed by atoms with Crippen LogP contribution in [-0.4, -0.2) is 52.1 Å². The van der Waals surface area contributed by atoms with Crippen LogP contribution in [-0.2, 0) is 14.4 Å². The molecule has 1 aliphatic carbocycles. The van der Waals surface area contributed by atoms with E-state index >= 15 is 0 Å². The van der Waals surface area contributed by atoms with Crippen molar-refractivity contribution < 1.29 is 14.4 Å². The van der Waals surface area contributed by atoms with E-state index in [-0.39, 0.29) is 12.5 Å². The summed E-state index contributed by atoms with van der Waals surface area (Å²) in [7, 11) is 0. The highest BCUT2D eigenvalue weighted by Crippen LogP contribution is 2.47. The first-order chi connectivity index (χ1) is 22.1. The monoisotopic (exact) mass is 758 g/mol. The molecule has 4 aliphatic rings. The summed E-state index contributed by atoms with van der Waals surface area (Å²) in [5, 5.41) is 17.7. The second-order valence-corrected chi connectivity index (χ2v) is 14.0. The zero-order valence-electron chi connectivity index (χ0n) is 23.8. The maximum Gasteiger partial charge on any atom is 0.264 e. The first-order valence-corrected chi connectivity index (χ1v) is 16.7. The van der Waals surface area contributed by atoms with Gasteiger partial charge in [-0.15, -0.1) is 0 Å². The zero-order valence-corrected chi connectivity index (χ0v) is 28.4. The van der Waals surface area contributed by atoms with E-state index in [2.05, 4.69) is 26.3 Å². The summed E-state index contributed by atoms with van der Waals surface area (Å²) in [6.07, 6.45) is 4.34. The van der Waals surface area contributed by atoms with Crippen LogP contribution in [0.4, 0.5) is 5.69 Å². The summed E-state index contributed by atoms with van der Waals surface area (Å²) in [6.45, 7) is -0.330. The van der Waals surface area contributed by atoms with Gasteiger partial charge in [0.1, 0.15) is 6.54 Å². The fourth-order valence-electron chi connectivity index (χ4n) is 6.50. The summed E-state index contributed by atoms with van der Waals surface area (Å²) in [5.74, 6) is -1.60. The van der Waals surface area contributed by atoms with Crippen LogP contribution in [0.5, 0.6) is 0 Å². The van der Waals surface area contributed by atoms with E-state index in [1.54, 1.807) is 48.5 Å². The molecule has 9 nitrogen and oxygen atoms in total. The molecule has 0 N–H and O–H groups in total. The largest absolute Gasteiger partial charge is 0.271 e. The van der Waals surface area contributed by atoms with E-state index < -0.39 is 35.8 Å². The van der Waals surface area contributed by atoms with Gasteiger partial charge in [-0.05, 0) is 84.5 Å². The van der Waals surface area contributed by atoms with Crippen LogP contribution < -0.4 is 4.90 Å². The molecule has 0 aromatic heterocycles. The number of carbonyl (C=O) groups excluding carboxylic acids is 3. The highest BCUT2D eigenvalue weighted by atomic mass is 79.9. The molecule has 0 bridgehead atoms. The van der Waals surface area contributed by atoms with Crippen molar-refractivity contribution in [2.75, 3.05) is 11.4 Å². The Morgan fingerprint density at radius 1 is 0.935 bits per heavy atom. The summed E-state index contributed by atoms with van der Waals surface area (Å²) < 4.78 is 0.713. The molecule has 3 aromatic rings. The van der Waals surface area contributed by atoms with E-state index in [1.165, 1.54) is 10.0 Å². The molecule has 3 aromatic carbocycles. The van der Waals surface area contributed by atoms with Gasteiger partial charge in [0.05, 0.1) is 17.4 Å². The molecule has 46 heavy (non-hydrogen) atoms. The third-order valence-electron chi connectivity index (χ3n) is 8.55. The summed E-state index contributed by atoms with van der Waals surface area (Å²) in [4.78, 5) is 42.1. The van der Waals surface area contributed by atoms with Gasteiger partial charge >= 0.3 is 0 Å². The summed E-state index contributed by atoms with van der Waals surface area (Å²) >= 11 is 29.0. The molecule has 0 spiro atoms. The van der Waals surface area contributed by atoms with Crippen molar-refractivity contribution >= 4 is 97.5 Å². The molecule has 14 heteroatoms. The molecule has 0 radical (unpaired) electrons. The SMILES string of the molecule is O=C1[C@@H]2[C@@H](N=NN2CC(=O)N2N=C3/C(=C/c4ccc(Cl)cc4Cl)CCC[C@@H]3[C@@H]2c2ccc(Cl)cc2Cl)C(=O)N1c1cccc(Br)c1. The van der Waals surface area contributed by atoms with Gasteiger partial charge in [-0.25, -0.2) is 9.91 Å². The Balaban J connectivity index is 1.21. The van der Waals surface area contributed by atoms with Gasteiger partial charge in [0.25, 0.3) is 17.7 Å². The normalized spacial score (nSPS) is 24.6. The fourth-order valence-corrected chi connectivity index (χ4v) is 7.87. The number of hydrogen-bond donors (Lipinski definition) is 0. The minimum absolute atomic E-state index is 0.164. The van der Waals surface area contributed by atoms with E-state index in [4.69, 9.17) is 51.5 Å². The van der Waals surface area contributed by atoms with Crippen LogP contribution >= 0.6 is 62.3 Å². The maximum atomic E-state index is 14.2. The lowest BCUT2D eigenvalue weighted by molar-refractivity contribution is -0.136. The Morgan fingerprint density at radius 3 is 2.43 bits per heavy atom. The number of hydrazone groups is 1. The van der Waals surface area contributed by atoms with Gasteiger partial charge in [-0.1, -0.05) is 85.8 Å². The third kappa shape index (κ3) is 5.54. The van der Waals surface area contributed by atoms with Crippen molar-refractivity contribution in [1.29, 1.82) is 0 Å². The van der Waals surface area contributed by atoms with Crippen LogP contribution in [0.1, 0.15) is 36.4 Å². The van der Waals surface area contributed by atoms with Gasteiger partial charge in [-0.2, -0.15) is 10.2 Å². The first kappa shape index (κ1) is 31.3. The second kappa shape index (κ2) is 12.4. The number of fused-ring (bicyclic) bond motifs is 2. The van der Waals surface area contributed by atoms with Gasteiger partial charge in [0, 0.05) is 30.5 Å². The highest BCUT2D eigenvalue weighted by molar-refractivity contribution is 9.10. The van der Waals surface area contributed by atoms with Crippen LogP contribution in [0.15, 0.2) is 86.1 Å². The molecular weight excluding hydrogens is 738 g/mol. The van der Waals surface area contributed by atoms with Crippen LogP contribution in [0, 0.1) is 5.92 Å². The number of allylic oxidation sites excluding steroid dienone is 1. The Kier molecular flexibility index (Phi) is 8.44. The molecule has 3 amide bonds. The number of carbonyl (C=O) groups is 3. The molecule has 7 rings (SSSR count). The minimum atomic E-state index is -1.05. The standard InChI is InChI=1S/C32H23BrCl4N6O3/c33-18-4-2-5-21(12-18)42-31(45)28-30(32(42)46)41(40-38-28)15-26(44)43-29(22-10-9-20(35)14-25(22)37)23-6-1-3-17(27(23)39-43)11-16-7-8-19(34)13-24(16)36/h2,4-5,7-14,23,28-30H,1,3,6,15H2/b17-11+/t23-,28+,29-,30-/m0/s1. The van der Waals surface area contributed by atoms with Gasteiger partial charge in [0.15, 0.2) is 12.1 Å². The molecule has 234 valence electrons. The summed E-state index contributed by atoms with van der Waals surface area (Å²) in [5.41, 5.74) is 3.61. The highest BCUT2D eigenvalue weighted by Gasteiger charge is 2.55. The molecule has 1 saturated carbocycles. The number of hydrogen-bond acceptors (Lipinski definition) is 7. The topological polar surface area (TPSA) is 98.0 Å². The number of benzene rings is 3. The minimum Gasteiger partial charge on any atom is -0.271 e. The fraction of sp³-hybridized carbons (Fsp3) is 0.250. The average molecular weight is 761 g/mol. The van der Waals surface area contributed by atoms with Crippen LogP contribution in [0.25, 0.3) is 6.08 Å². The third-order valence-corrected chi connectivity index (χ3v) is 10.2. The molecular formula is C32H23BrCl4N6O3. The number of rotatable bonds is 5. The van der Waals surface area contributed by atoms with Crippen molar-refractivity contribution in [3.05, 3.63) is 102 Å². The van der Waals surface area contributed by atoms with Crippen LogP contribution in [0.3, 0.4) is 0 Å². The number of nitrogens with zero attached hydrogens (tertiary/aromatic N) is 6. The smallest absolute Gasteiger partial charge is 0.264 e. The number of amides is 3. The Hall–Kier alpha value is -3.28.